The molecule has 28 heavy (non-hydrogen) atoms. The number of nitrogens with zero attached hydrogens (tertiary/aromatic N) is 6. The second kappa shape index (κ2) is 14.0. The topological polar surface area (TPSA) is 85.5 Å². The van der Waals surface area contributed by atoms with Crippen molar-refractivity contribution < 1.29 is 0 Å². The average Bonchev–Trinajstić information content (AvgIpc) is 3.68. The number of aryl methyl sites for hydroxylation is 2. The Labute approximate surface area is 170 Å². The first-order chi connectivity index (χ1) is 13.8. The largest absolute Gasteiger partial charge is 0.354 e. The van der Waals surface area contributed by atoms with Gasteiger partial charge in [0.05, 0.1) is 0 Å². The molecule has 0 aliphatic heterocycles. The van der Waals surface area contributed by atoms with Crippen LogP contribution >= 0.6 is 0 Å². The van der Waals surface area contributed by atoms with Crippen molar-refractivity contribution in [2.45, 2.75) is 80.3 Å². The number of nitrogens with one attached hydrogen (secondary N) is 2. The fourth-order valence-corrected chi connectivity index (χ4v) is 2.38. The third kappa shape index (κ3) is 8.71. The molecule has 0 aromatic carbocycles. The van der Waals surface area contributed by atoms with E-state index in [4.69, 9.17) is 0 Å². The lowest BCUT2D eigenvalue weighted by Gasteiger charge is -2.04. The molecule has 160 valence electrons. The molecule has 2 fully saturated rings. The van der Waals surface area contributed by atoms with Crippen LogP contribution in [0.5, 0.6) is 0 Å². The second-order valence-corrected chi connectivity index (χ2v) is 6.45. The Kier molecular flexibility index (Phi) is 11.9. The summed E-state index contributed by atoms with van der Waals surface area (Å²) in [5.41, 5.74) is 0. The van der Waals surface area contributed by atoms with Gasteiger partial charge in [-0.05, 0) is 51.4 Å². The molecule has 2 aliphatic carbocycles. The maximum absolute atomic E-state index is 4.13. The Morgan fingerprint density at radius 2 is 1.11 bits per heavy atom. The summed E-state index contributed by atoms with van der Waals surface area (Å²) in [5.74, 6) is 3.58. The molecule has 8 nitrogen and oxygen atoms in total. The molecular weight excluding hydrogens is 352 g/mol. The van der Waals surface area contributed by atoms with Gasteiger partial charge in [0.25, 0.3) is 0 Å². The van der Waals surface area contributed by atoms with E-state index in [0.29, 0.717) is 0 Å². The van der Waals surface area contributed by atoms with Gasteiger partial charge in [0.2, 0.25) is 11.9 Å². The van der Waals surface area contributed by atoms with Crippen LogP contribution in [0.3, 0.4) is 0 Å². The number of hydrogen-bond donors (Lipinski definition) is 2. The van der Waals surface area contributed by atoms with Gasteiger partial charge < -0.3 is 10.6 Å². The highest BCUT2D eigenvalue weighted by atomic mass is 15.4. The van der Waals surface area contributed by atoms with Crippen LogP contribution in [0.15, 0.2) is 12.7 Å². The lowest BCUT2D eigenvalue weighted by molar-refractivity contribution is 0.660. The number of aromatic nitrogens is 6. The normalized spacial score (nSPS) is 14.5. The monoisotopic (exact) mass is 392 g/mol. The van der Waals surface area contributed by atoms with Crippen molar-refractivity contribution in [3.63, 3.8) is 0 Å². The van der Waals surface area contributed by atoms with E-state index in [1.54, 1.807) is 12.7 Å². The molecule has 0 atom stereocenters. The van der Waals surface area contributed by atoms with Crippen LogP contribution in [0.2, 0.25) is 0 Å². The molecule has 0 spiro atoms. The van der Waals surface area contributed by atoms with Gasteiger partial charge in [-0.3, -0.25) is 0 Å². The lowest BCUT2D eigenvalue weighted by Crippen LogP contribution is -2.10. The van der Waals surface area contributed by atoms with Crippen molar-refractivity contribution in [2.75, 3.05) is 23.7 Å². The molecule has 0 amide bonds. The van der Waals surface area contributed by atoms with E-state index in [1.807, 2.05) is 37.1 Å². The minimum Gasteiger partial charge on any atom is -0.354 e. The maximum Gasteiger partial charge on any atom is 0.221 e. The van der Waals surface area contributed by atoms with Crippen LogP contribution in [-0.2, 0) is 13.1 Å². The summed E-state index contributed by atoms with van der Waals surface area (Å²) in [6.07, 6.45) is 8.67. The van der Waals surface area contributed by atoms with Crippen LogP contribution in [0.25, 0.3) is 0 Å². The highest BCUT2D eigenvalue weighted by Crippen LogP contribution is 2.29. The van der Waals surface area contributed by atoms with Crippen LogP contribution in [0.1, 0.15) is 67.2 Å². The maximum atomic E-state index is 4.13. The highest BCUT2D eigenvalue weighted by molar-refractivity contribution is 5.23. The summed E-state index contributed by atoms with van der Waals surface area (Å²) in [6, 6.07) is 0. The molecule has 2 heterocycles. The van der Waals surface area contributed by atoms with Crippen molar-refractivity contribution >= 4 is 11.9 Å². The van der Waals surface area contributed by atoms with E-state index < -0.39 is 0 Å². The van der Waals surface area contributed by atoms with Gasteiger partial charge in [-0.1, -0.05) is 27.7 Å². The van der Waals surface area contributed by atoms with Crippen molar-refractivity contribution in [1.82, 2.24) is 29.5 Å². The zero-order chi connectivity index (χ0) is 20.8. The van der Waals surface area contributed by atoms with Crippen LogP contribution in [0, 0.1) is 11.8 Å². The summed E-state index contributed by atoms with van der Waals surface area (Å²) in [7, 11) is 0. The lowest BCUT2D eigenvalue weighted by atomic mass is 10.4. The molecule has 2 saturated carbocycles. The molecule has 0 saturated heterocycles. The summed E-state index contributed by atoms with van der Waals surface area (Å²) < 4.78 is 3.75. The Hall–Kier alpha value is -2.12. The standard InChI is InChI=1S/2C8H14N4.2C2H6/c2*1-2-12-8(10-6-11-12)9-5-7-3-4-7;2*1-2/h2*6-7H,2-5H2,1H3,(H,9,10,11);2*1-2H3. The molecule has 2 aliphatic rings. The number of hydrogen-bond acceptors (Lipinski definition) is 6. The summed E-state index contributed by atoms with van der Waals surface area (Å²) in [4.78, 5) is 8.26. The van der Waals surface area contributed by atoms with Crippen LogP contribution in [-0.4, -0.2) is 42.6 Å². The second-order valence-electron chi connectivity index (χ2n) is 6.45. The molecule has 0 bridgehead atoms. The molecule has 0 radical (unpaired) electrons. The van der Waals surface area contributed by atoms with Gasteiger partial charge in [-0.2, -0.15) is 20.2 Å². The van der Waals surface area contributed by atoms with E-state index in [0.717, 1.165) is 49.9 Å². The molecule has 2 aromatic heterocycles. The first-order valence-electron chi connectivity index (χ1n) is 11.0. The van der Waals surface area contributed by atoms with Crippen molar-refractivity contribution in [1.29, 1.82) is 0 Å². The van der Waals surface area contributed by atoms with Crippen molar-refractivity contribution in [3.8, 4) is 0 Å². The Morgan fingerprint density at radius 3 is 1.39 bits per heavy atom. The average molecular weight is 393 g/mol. The van der Waals surface area contributed by atoms with Gasteiger partial charge in [-0.15, -0.1) is 0 Å². The Bertz CT molecular complexity index is 559. The number of rotatable bonds is 8. The zero-order valence-electron chi connectivity index (χ0n) is 18.6. The Morgan fingerprint density at radius 1 is 0.750 bits per heavy atom. The minimum atomic E-state index is 0.881. The summed E-state index contributed by atoms with van der Waals surface area (Å²) >= 11 is 0. The van der Waals surface area contributed by atoms with Gasteiger partial charge >= 0.3 is 0 Å². The SMILES string of the molecule is CC.CC.CCn1ncnc1NCC1CC1.CCn1ncnc1NCC1CC1. The predicted octanol–water partition coefficient (Wildman–Crippen LogP) is 4.29. The van der Waals surface area contributed by atoms with Gasteiger partial charge in [0.15, 0.2) is 0 Å². The summed E-state index contributed by atoms with van der Waals surface area (Å²) in [5, 5.41) is 14.7. The quantitative estimate of drug-likeness (QED) is 0.697. The summed E-state index contributed by atoms with van der Waals surface area (Å²) in [6.45, 7) is 16.0. The van der Waals surface area contributed by atoms with E-state index in [2.05, 4.69) is 44.6 Å². The first kappa shape index (κ1) is 23.9. The third-order valence-electron chi connectivity index (χ3n) is 4.32. The fourth-order valence-electron chi connectivity index (χ4n) is 2.38. The molecule has 0 unspecified atom stereocenters. The van der Waals surface area contributed by atoms with Crippen molar-refractivity contribution in [3.05, 3.63) is 12.7 Å². The van der Waals surface area contributed by atoms with E-state index in [1.165, 1.54) is 25.7 Å². The number of anilines is 2. The van der Waals surface area contributed by atoms with E-state index >= 15 is 0 Å². The highest BCUT2D eigenvalue weighted by Gasteiger charge is 2.21. The van der Waals surface area contributed by atoms with Crippen LogP contribution in [0.4, 0.5) is 11.9 Å². The molecular formula is C20H40N8. The smallest absolute Gasteiger partial charge is 0.221 e. The van der Waals surface area contributed by atoms with Gasteiger partial charge in [0.1, 0.15) is 12.7 Å². The Balaban J connectivity index is 0.000000238. The predicted molar refractivity (Wildman–Crippen MR) is 117 cm³/mol. The molecule has 2 aromatic rings. The van der Waals surface area contributed by atoms with E-state index in [-0.39, 0.29) is 0 Å². The van der Waals surface area contributed by atoms with Gasteiger partial charge in [-0.25, -0.2) is 9.36 Å². The fraction of sp³-hybridized carbons (Fsp3) is 0.800. The van der Waals surface area contributed by atoms with E-state index in [9.17, 15) is 0 Å². The van der Waals surface area contributed by atoms with Gasteiger partial charge in [0, 0.05) is 26.2 Å². The third-order valence-corrected chi connectivity index (χ3v) is 4.32. The minimum absolute atomic E-state index is 0.881. The molecule has 4 rings (SSSR count). The van der Waals surface area contributed by atoms with Crippen molar-refractivity contribution in [2.24, 2.45) is 11.8 Å². The molecule has 2 N–H and O–H groups in total. The van der Waals surface area contributed by atoms with Crippen LogP contribution < -0.4 is 10.6 Å². The zero-order valence-corrected chi connectivity index (χ0v) is 18.6. The molecule has 8 heteroatoms. The first-order valence-corrected chi connectivity index (χ1v) is 11.0.